The predicted molar refractivity (Wildman–Crippen MR) is 59.7 cm³/mol. The number of carbonyl (C=O) groups is 1. The van der Waals surface area contributed by atoms with E-state index < -0.39 is 12.0 Å². The van der Waals surface area contributed by atoms with Crippen LogP contribution in [0.15, 0.2) is 29.3 Å². The number of benzene rings is 1. The molecule has 4 nitrogen and oxygen atoms in total. The van der Waals surface area contributed by atoms with Gasteiger partial charge in [0.2, 0.25) is 0 Å². The number of rotatable bonds is 1. The summed E-state index contributed by atoms with van der Waals surface area (Å²) in [5.41, 5.74) is 2.10. The van der Waals surface area contributed by atoms with E-state index in [1.807, 2.05) is 29.2 Å². The molecule has 16 heavy (non-hydrogen) atoms. The Kier molecular flexibility index (Phi) is 1.96. The summed E-state index contributed by atoms with van der Waals surface area (Å²) in [7, 11) is 0. The predicted octanol–water partition coefficient (Wildman–Crippen LogP) is 1.78. The van der Waals surface area contributed by atoms with Gasteiger partial charge >= 0.3 is 5.97 Å². The molecule has 1 N–H and O–H groups in total. The van der Waals surface area contributed by atoms with Crippen molar-refractivity contribution in [2.24, 2.45) is 4.99 Å². The number of aliphatic imine (C=N–C) groups is 1. The molecule has 0 saturated carbocycles. The van der Waals surface area contributed by atoms with Crippen molar-refractivity contribution in [2.45, 2.75) is 25.4 Å². The second-order valence-corrected chi connectivity index (χ2v) is 4.18. The van der Waals surface area contributed by atoms with Crippen molar-refractivity contribution in [3.63, 3.8) is 0 Å². The molecule has 0 amide bonds. The lowest BCUT2D eigenvalue weighted by Crippen LogP contribution is -2.39. The highest BCUT2D eigenvalue weighted by Crippen LogP contribution is 2.32. The van der Waals surface area contributed by atoms with Crippen LogP contribution in [0.1, 0.15) is 18.4 Å². The standard InChI is InChI=1S/C12H12N2O2/c15-12(16)10-5-6-11-13-9-4-2-1-3-8(9)7-14(10)11/h1-4,10H,5-7H2,(H,15,16)/t10-/m0/s1. The van der Waals surface area contributed by atoms with Crippen LogP contribution < -0.4 is 0 Å². The zero-order valence-electron chi connectivity index (χ0n) is 8.76. The minimum absolute atomic E-state index is 0.396. The van der Waals surface area contributed by atoms with Crippen molar-refractivity contribution in [3.8, 4) is 0 Å². The van der Waals surface area contributed by atoms with Gasteiger partial charge < -0.3 is 10.0 Å². The number of aliphatic carboxylic acids is 1. The van der Waals surface area contributed by atoms with E-state index in [0.717, 1.165) is 23.5 Å². The van der Waals surface area contributed by atoms with Crippen LogP contribution in [0.3, 0.4) is 0 Å². The molecule has 0 unspecified atom stereocenters. The Hall–Kier alpha value is -1.84. The van der Waals surface area contributed by atoms with Crippen LogP contribution in [-0.4, -0.2) is 27.9 Å². The number of nitrogens with zero attached hydrogens (tertiary/aromatic N) is 2. The van der Waals surface area contributed by atoms with Crippen LogP contribution in [-0.2, 0) is 11.3 Å². The highest BCUT2D eigenvalue weighted by Gasteiger charge is 2.36. The average molecular weight is 216 g/mol. The fourth-order valence-corrected chi connectivity index (χ4v) is 2.40. The third-order valence-electron chi connectivity index (χ3n) is 3.22. The lowest BCUT2D eigenvalue weighted by molar-refractivity contribution is -0.141. The quantitative estimate of drug-likeness (QED) is 0.778. The maximum absolute atomic E-state index is 11.1. The molecule has 0 aliphatic carbocycles. The van der Waals surface area contributed by atoms with Gasteiger partial charge in [0.15, 0.2) is 0 Å². The molecule has 2 heterocycles. The second kappa shape index (κ2) is 3.33. The van der Waals surface area contributed by atoms with Crippen LogP contribution >= 0.6 is 0 Å². The van der Waals surface area contributed by atoms with Gasteiger partial charge in [0.25, 0.3) is 0 Å². The van der Waals surface area contributed by atoms with E-state index in [0.29, 0.717) is 13.0 Å². The van der Waals surface area contributed by atoms with Crippen molar-refractivity contribution in [1.82, 2.24) is 4.90 Å². The summed E-state index contributed by atoms with van der Waals surface area (Å²) in [6.45, 7) is 0.673. The van der Waals surface area contributed by atoms with Gasteiger partial charge in [-0.15, -0.1) is 0 Å². The third-order valence-corrected chi connectivity index (χ3v) is 3.22. The first-order valence-corrected chi connectivity index (χ1v) is 5.40. The highest BCUT2D eigenvalue weighted by atomic mass is 16.4. The van der Waals surface area contributed by atoms with Crippen molar-refractivity contribution >= 4 is 17.5 Å². The molecule has 1 saturated heterocycles. The molecular formula is C12H12N2O2. The first-order valence-electron chi connectivity index (χ1n) is 5.40. The highest BCUT2D eigenvalue weighted by molar-refractivity contribution is 5.93. The number of amidine groups is 1. The number of hydrogen-bond acceptors (Lipinski definition) is 3. The minimum Gasteiger partial charge on any atom is -0.480 e. The molecule has 0 aromatic heterocycles. The van der Waals surface area contributed by atoms with E-state index >= 15 is 0 Å². The Morgan fingerprint density at radius 2 is 2.25 bits per heavy atom. The zero-order valence-corrected chi connectivity index (χ0v) is 8.76. The SMILES string of the molecule is O=C(O)[C@@H]1CCC2=Nc3ccccc3CN21. The molecule has 2 aliphatic rings. The van der Waals surface area contributed by atoms with E-state index in [1.54, 1.807) is 0 Å². The van der Waals surface area contributed by atoms with E-state index in [-0.39, 0.29) is 0 Å². The Morgan fingerprint density at radius 3 is 3.06 bits per heavy atom. The van der Waals surface area contributed by atoms with Crippen LogP contribution in [0.5, 0.6) is 0 Å². The lowest BCUT2D eigenvalue weighted by atomic mass is 10.1. The summed E-state index contributed by atoms with van der Waals surface area (Å²) in [6, 6.07) is 7.51. The number of fused-ring (bicyclic) bond motifs is 2. The smallest absolute Gasteiger partial charge is 0.326 e. The van der Waals surface area contributed by atoms with Gasteiger partial charge in [-0.05, 0) is 18.1 Å². The zero-order chi connectivity index (χ0) is 11.1. The largest absolute Gasteiger partial charge is 0.480 e. The van der Waals surface area contributed by atoms with Gasteiger partial charge in [-0.25, -0.2) is 9.79 Å². The van der Waals surface area contributed by atoms with Crippen LogP contribution in [0.25, 0.3) is 0 Å². The van der Waals surface area contributed by atoms with Gasteiger partial charge in [0.1, 0.15) is 11.9 Å². The Bertz CT molecular complexity index is 482. The molecule has 4 heteroatoms. The molecule has 1 aromatic carbocycles. The third kappa shape index (κ3) is 1.30. The summed E-state index contributed by atoms with van der Waals surface area (Å²) in [4.78, 5) is 17.5. The van der Waals surface area contributed by atoms with Gasteiger partial charge in [-0.2, -0.15) is 0 Å². The normalized spacial score (nSPS) is 22.4. The summed E-state index contributed by atoms with van der Waals surface area (Å²) in [6.07, 6.45) is 1.44. The van der Waals surface area contributed by atoms with Crippen molar-refractivity contribution in [1.29, 1.82) is 0 Å². The van der Waals surface area contributed by atoms with E-state index in [9.17, 15) is 4.79 Å². The Labute approximate surface area is 93.2 Å². The fourth-order valence-electron chi connectivity index (χ4n) is 2.40. The molecule has 82 valence electrons. The molecule has 3 rings (SSSR count). The molecule has 0 radical (unpaired) electrons. The van der Waals surface area contributed by atoms with Gasteiger partial charge in [0.05, 0.1) is 5.69 Å². The topological polar surface area (TPSA) is 52.9 Å². The minimum atomic E-state index is -0.746. The number of hydrogen-bond donors (Lipinski definition) is 1. The number of carboxylic acids is 1. The number of para-hydroxylation sites is 1. The van der Waals surface area contributed by atoms with Crippen molar-refractivity contribution in [2.75, 3.05) is 0 Å². The van der Waals surface area contributed by atoms with Crippen LogP contribution in [0.4, 0.5) is 5.69 Å². The van der Waals surface area contributed by atoms with Crippen LogP contribution in [0, 0.1) is 0 Å². The number of carboxylic acid groups (broad SMARTS) is 1. The Balaban J connectivity index is 2.00. The van der Waals surface area contributed by atoms with Gasteiger partial charge in [0, 0.05) is 13.0 Å². The second-order valence-electron chi connectivity index (χ2n) is 4.18. The van der Waals surface area contributed by atoms with Gasteiger partial charge in [-0.1, -0.05) is 18.2 Å². The molecule has 2 aliphatic heterocycles. The lowest BCUT2D eigenvalue weighted by Gasteiger charge is -2.28. The maximum atomic E-state index is 11.1. The molecule has 1 atom stereocenters. The summed E-state index contributed by atoms with van der Waals surface area (Å²) in [5.74, 6) is 0.177. The maximum Gasteiger partial charge on any atom is 0.326 e. The first kappa shape index (κ1) is 9.39. The molecular weight excluding hydrogens is 204 g/mol. The monoisotopic (exact) mass is 216 g/mol. The Morgan fingerprint density at radius 1 is 1.44 bits per heavy atom. The molecule has 0 bridgehead atoms. The van der Waals surface area contributed by atoms with Crippen LogP contribution in [0.2, 0.25) is 0 Å². The van der Waals surface area contributed by atoms with Gasteiger partial charge in [-0.3, -0.25) is 0 Å². The summed E-state index contributed by atoms with van der Waals surface area (Å²) in [5, 5.41) is 9.10. The van der Waals surface area contributed by atoms with Crippen molar-refractivity contribution in [3.05, 3.63) is 29.8 Å². The average Bonchev–Trinajstić information content (AvgIpc) is 2.68. The first-order chi connectivity index (χ1) is 7.75. The summed E-state index contributed by atoms with van der Waals surface area (Å²) >= 11 is 0. The molecule has 1 aromatic rings. The van der Waals surface area contributed by atoms with E-state index in [2.05, 4.69) is 4.99 Å². The molecule has 0 spiro atoms. The van der Waals surface area contributed by atoms with E-state index in [4.69, 9.17) is 5.11 Å². The van der Waals surface area contributed by atoms with Crippen molar-refractivity contribution < 1.29 is 9.90 Å². The van der Waals surface area contributed by atoms with E-state index in [1.165, 1.54) is 0 Å². The molecule has 1 fully saturated rings. The summed E-state index contributed by atoms with van der Waals surface area (Å²) < 4.78 is 0. The fraction of sp³-hybridized carbons (Fsp3) is 0.333.